The normalized spacial score (nSPS) is 34.2. The zero-order valence-electron chi connectivity index (χ0n) is 10.9. The first-order chi connectivity index (χ1) is 9.77. The topological polar surface area (TPSA) is 163 Å². The van der Waals surface area contributed by atoms with Crippen LogP contribution in [0.15, 0.2) is 0 Å². The van der Waals surface area contributed by atoms with Gasteiger partial charge in [0.2, 0.25) is 0 Å². The van der Waals surface area contributed by atoms with Crippen LogP contribution in [-0.4, -0.2) is 80.2 Å². The fraction of sp³-hybridized carbons (Fsp3) is 0.800. The number of aliphatic carboxylic acids is 1. The van der Waals surface area contributed by atoms with E-state index in [9.17, 15) is 24.9 Å². The molecule has 5 unspecified atom stereocenters. The molecule has 11 heteroatoms. The number of methoxy groups -OCH3 is 1. The minimum Gasteiger partial charge on any atom is -0.477 e. The predicted molar refractivity (Wildman–Crippen MR) is 66.1 cm³/mol. The number of rotatable bonds is 6. The lowest BCUT2D eigenvalue weighted by Crippen LogP contribution is -2.60. The minimum atomic E-state index is -2.26. The Morgan fingerprint density at radius 2 is 2.10 bits per heavy atom. The Kier molecular flexibility index (Phi) is 6.34. The molecule has 0 amide bonds. The highest BCUT2D eigenvalue weighted by atomic mass is 32.2. The Hall–Kier alpha value is -0.950. The molecule has 0 aromatic carbocycles. The standard InChI is InChI=1S/C10H16O10S/c1-18-10(9(15)16)2-4(11)6(8(14)20-10)19-7(13)5(12)3-21-17/h4-6,8,11-12,14,17H,2-3H2,1H3,(H,15,16). The zero-order valence-corrected chi connectivity index (χ0v) is 11.7. The molecule has 1 rings (SSSR count). The van der Waals surface area contributed by atoms with Gasteiger partial charge in [0.25, 0.3) is 5.79 Å². The van der Waals surface area contributed by atoms with Crippen LogP contribution >= 0.6 is 12.0 Å². The molecule has 0 aromatic heterocycles. The van der Waals surface area contributed by atoms with Gasteiger partial charge in [0.1, 0.15) is 6.10 Å². The SMILES string of the molecule is COC1(C(=O)O)CC(O)C(OC(=O)C(O)CSO)C(O)O1. The average Bonchev–Trinajstić information content (AvgIpc) is 2.42. The van der Waals surface area contributed by atoms with E-state index in [0.717, 1.165) is 7.11 Å². The van der Waals surface area contributed by atoms with E-state index in [-0.39, 0.29) is 17.8 Å². The Morgan fingerprint density at radius 3 is 2.52 bits per heavy atom. The van der Waals surface area contributed by atoms with Crippen molar-refractivity contribution in [1.29, 1.82) is 0 Å². The third-order valence-corrected chi connectivity index (χ3v) is 3.33. The molecule has 1 saturated heterocycles. The number of carbonyl (C=O) groups is 2. The fourth-order valence-corrected chi connectivity index (χ4v) is 2.01. The maximum absolute atomic E-state index is 11.4. The van der Waals surface area contributed by atoms with Crippen molar-refractivity contribution in [3.05, 3.63) is 0 Å². The van der Waals surface area contributed by atoms with Crippen LogP contribution in [0.25, 0.3) is 0 Å². The van der Waals surface area contributed by atoms with Crippen molar-refractivity contribution < 1.29 is 48.8 Å². The molecular weight excluding hydrogens is 312 g/mol. The molecule has 5 atom stereocenters. The van der Waals surface area contributed by atoms with E-state index in [0.29, 0.717) is 0 Å². The molecule has 0 spiro atoms. The maximum atomic E-state index is 11.4. The molecule has 0 bridgehead atoms. The van der Waals surface area contributed by atoms with Crippen molar-refractivity contribution in [3.8, 4) is 0 Å². The second-order valence-corrected chi connectivity index (χ2v) is 4.85. The van der Waals surface area contributed by atoms with Crippen molar-refractivity contribution in [2.45, 2.75) is 36.8 Å². The second kappa shape index (κ2) is 7.35. The summed E-state index contributed by atoms with van der Waals surface area (Å²) in [6, 6.07) is 0. The summed E-state index contributed by atoms with van der Waals surface area (Å²) in [6.07, 6.45) is -7.43. The van der Waals surface area contributed by atoms with Gasteiger partial charge in [-0.05, 0) is 12.0 Å². The summed E-state index contributed by atoms with van der Waals surface area (Å²) in [7, 11) is 1.02. The summed E-state index contributed by atoms with van der Waals surface area (Å²) < 4.78 is 22.6. The molecule has 1 heterocycles. The summed E-state index contributed by atoms with van der Waals surface area (Å²) in [5.41, 5.74) is 0. The van der Waals surface area contributed by atoms with E-state index >= 15 is 0 Å². The van der Waals surface area contributed by atoms with Gasteiger partial charge in [-0.2, -0.15) is 0 Å². The van der Waals surface area contributed by atoms with Gasteiger partial charge in [-0.3, -0.25) is 0 Å². The molecule has 10 nitrogen and oxygen atoms in total. The van der Waals surface area contributed by atoms with Crippen molar-refractivity contribution >= 4 is 24.0 Å². The number of carboxylic acids is 1. The Morgan fingerprint density at radius 1 is 1.48 bits per heavy atom. The molecular formula is C10H16O10S. The van der Waals surface area contributed by atoms with E-state index in [2.05, 4.69) is 9.47 Å². The molecule has 0 aliphatic carbocycles. The Bertz CT molecular complexity index is 376. The number of carboxylic acid groups (broad SMARTS) is 1. The quantitative estimate of drug-likeness (QED) is 0.270. The summed E-state index contributed by atoms with van der Waals surface area (Å²) in [5, 5.41) is 37.8. The minimum absolute atomic E-state index is 0.204. The van der Waals surface area contributed by atoms with Crippen LogP contribution in [0.2, 0.25) is 0 Å². The number of ether oxygens (including phenoxy) is 3. The molecule has 0 saturated carbocycles. The van der Waals surface area contributed by atoms with E-state index in [1.54, 1.807) is 0 Å². The first-order valence-electron chi connectivity index (χ1n) is 5.75. The number of aliphatic hydroxyl groups is 3. The lowest BCUT2D eigenvalue weighted by atomic mass is 9.99. The van der Waals surface area contributed by atoms with Gasteiger partial charge in [0, 0.05) is 13.5 Å². The molecule has 1 fully saturated rings. The van der Waals surface area contributed by atoms with Crippen LogP contribution in [0.3, 0.4) is 0 Å². The average molecular weight is 328 g/mol. The third-order valence-electron chi connectivity index (χ3n) is 2.86. The highest BCUT2D eigenvalue weighted by molar-refractivity contribution is 7.93. The summed E-state index contributed by atoms with van der Waals surface area (Å²) in [5.74, 6) is -5.40. The van der Waals surface area contributed by atoms with Crippen LogP contribution in [-0.2, 0) is 23.8 Å². The maximum Gasteiger partial charge on any atom is 0.364 e. The van der Waals surface area contributed by atoms with Gasteiger partial charge in [-0.15, -0.1) is 0 Å². The second-order valence-electron chi connectivity index (χ2n) is 4.26. The first kappa shape index (κ1) is 18.1. The number of esters is 1. The van der Waals surface area contributed by atoms with Gasteiger partial charge in [0.15, 0.2) is 18.5 Å². The van der Waals surface area contributed by atoms with E-state index in [1.807, 2.05) is 0 Å². The summed E-state index contributed by atoms with van der Waals surface area (Å²) >= 11 is 0.204. The molecule has 5 N–H and O–H groups in total. The van der Waals surface area contributed by atoms with Crippen molar-refractivity contribution in [3.63, 3.8) is 0 Å². The highest BCUT2D eigenvalue weighted by Crippen LogP contribution is 2.31. The van der Waals surface area contributed by atoms with Gasteiger partial charge in [0.05, 0.1) is 5.75 Å². The van der Waals surface area contributed by atoms with Gasteiger partial charge >= 0.3 is 11.9 Å². The van der Waals surface area contributed by atoms with Gasteiger partial charge in [-0.25, -0.2) is 9.59 Å². The summed E-state index contributed by atoms with van der Waals surface area (Å²) in [6.45, 7) is 0. The van der Waals surface area contributed by atoms with Crippen LogP contribution in [0.1, 0.15) is 6.42 Å². The van der Waals surface area contributed by atoms with Crippen molar-refractivity contribution in [1.82, 2.24) is 0 Å². The summed E-state index contributed by atoms with van der Waals surface area (Å²) in [4.78, 5) is 22.5. The molecule has 0 aromatic rings. The Balaban J connectivity index is 2.76. The van der Waals surface area contributed by atoms with E-state index in [4.69, 9.17) is 14.4 Å². The lowest BCUT2D eigenvalue weighted by molar-refractivity contribution is -0.346. The van der Waals surface area contributed by atoms with Gasteiger partial charge in [-0.1, -0.05) is 0 Å². The largest absolute Gasteiger partial charge is 0.477 e. The zero-order chi connectivity index (χ0) is 16.2. The lowest BCUT2D eigenvalue weighted by Gasteiger charge is -2.41. The van der Waals surface area contributed by atoms with Crippen LogP contribution < -0.4 is 0 Å². The molecule has 0 radical (unpaired) electrons. The number of aliphatic hydroxyl groups excluding tert-OH is 3. The highest BCUT2D eigenvalue weighted by Gasteiger charge is 2.53. The monoisotopic (exact) mass is 328 g/mol. The third kappa shape index (κ3) is 4.03. The molecule has 1 aliphatic heterocycles. The van der Waals surface area contributed by atoms with Crippen molar-refractivity contribution in [2.24, 2.45) is 0 Å². The van der Waals surface area contributed by atoms with Crippen molar-refractivity contribution in [2.75, 3.05) is 12.9 Å². The van der Waals surface area contributed by atoms with Crippen LogP contribution in [0.4, 0.5) is 0 Å². The predicted octanol–water partition coefficient (Wildman–Crippen LogP) is -2.01. The molecule has 21 heavy (non-hydrogen) atoms. The number of carbonyl (C=O) groups excluding carboxylic acids is 1. The molecule has 122 valence electrons. The molecule has 1 aliphatic rings. The smallest absolute Gasteiger partial charge is 0.364 e. The van der Waals surface area contributed by atoms with E-state index in [1.165, 1.54) is 0 Å². The van der Waals surface area contributed by atoms with Crippen LogP contribution in [0.5, 0.6) is 0 Å². The Labute approximate surface area is 123 Å². The fourth-order valence-electron chi connectivity index (χ4n) is 1.74. The number of hydrogen-bond acceptors (Lipinski definition) is 10. The first-order valence-corrected chi connectivity index (χ1v) is 6.69. The van der Waals surface area contributed by atoms with E-state index < -0.39 is 48.7 Å². The van der Waals surface area contributed by atoms with Gasteiger partial charge < -0.3 is 39.2 Å². The number of hydrogen-bond donors (Lipinski definition) is 5. The van der Waals surface area contributed by atoms with Crippen LogP contribution in [0, 0.1) is 0 Å².